The topological polar surface area (TPSA) is 86.5 Å². The van der Waals surface area contributed by atoms with Crippen LogP contribution in [0, 0.1) is 0 Å². The quantitative estimate of drug-likeness (QED) is 0.519. The average molecular weight is 537 g/mol. The van der Waals surface area contributed by atoms with Gasteiger partial charge in [0.15, 0.2) is 0 Å². The van der Waals surface area contributed by atoms with E-state index < -0.39 is 17.8 Å². The van der Waals surface area contributed by atoms with E-state index in [0.29, 0.717) is 30.7 Å². The number of alkyl halides is 3. The molecule has 3 atom stereocenters. The second kappa shape index (κ2) is 10.1. The Balaban J connectivity index is 1.42. The number of aliphatic hydroxyl groups excluding tert-OH is 1. The molecule has 2 N–H and O–H groups in total. The van der Waals surface area contributed by atoms with Gasteiger partial charge in [-0.1, -0.05) is 22.9 Å². The van der Waals surface area contributed by atoms with Gasteiger partial charge in [-0.05, 0) is 62.2 Å². The number of hydrogen-bond donors (Lipinski definition) is 2. The summed E-state index contributed by atoms with van der Waals surface area (Å²) in [4.78, 5) is 16.8. The van der Waals surface area contributed by atoms with Crippen molar-refractivity contribution >= 4 is 34.2 Å². The van der Waals surface area contributed by atoms with Gasteiger partial charge in [-0.15, -0.1) is 5.10 Å². The number of piperazine rings is 1. The minimum atomic E-state index is -4.57. The van der Waals surface area contributed by atoms with Gasteiger partial charge in [0.05, 0.1) is 35.8 Å². The molecule has 1 amide bonds. The molecule has 8 nitrogen and oxygen atoms in total. The summed E-state index contributed by atoms with van der Waals surface area (Å²) < 4.78 is 42.7. The monoisotopic (exact) mass is 536 g/mol. The maximum absolute atomic E-state index is 13.7. The van der Waals surface area contributed by atoms with Crippen LogP contribution in [0.3, 0.4) is 0 Å². The van der Waals surface area contributed by atoms with E-state index in [-0.39, 0.29) is 35.2 Å². The highest BCUT2D eigenvalue weighted by atomic mass is 35.5. The van der Waals surface area contributed by atoms with Gasteiger partial charge in [0.25, 0.3) is 0 Å². The van der Waals surface area contributed by atoms with Gasteiger partial charge in [-0.25, -0.2) is 4.68 Å². The lowest BCUT2D eigenvalue weighted by molar-refractivity contribution is -0.138. The van der Waals surface area contributed by atoms with Crippen molar-refractivity contribution in [3.8, 4) is 0 Å². The number of aliphatic hydroxyl groups is 1. The number of anilines is 1. The number of carbonyl (C=O) groups is 1. The smallest absolute Gasteiger partial charge is 0.394 e. The summed E-state index contributed by atoms with van der Waals surface area (Å²) in [5.41, 5.74) is 1.19. The van der Waals surface area contributed by atoms with E-state index in [9.17, 15) is 23.1 Å². The Hall–Kier alpha value is -2.89. The van der Waals surface area contributed by atoms with E-state index in [2.05, 4.69) is 20.5 Å². The van der Waals surface area contributed by atoms with Crippen LogP contribution in [0.15, 0.2) is 36.4 Å². The van der Waals surface area contributed by atoms with Gasteiger partial charge in [0, 0.05) is 30.3 Å². The van der Waals surface area contributed by atoms with Crippen molar-refractivity contribution in [2.24, 2.45) is 0 Å². The largest absolute Gasteiger partial charge is 0.416 e. The zero-order valence-electron chi connectivity index (χ0n) is 20.2. The summed E-state index contributed by atoms with van der Waals surface area (Å²) in [5.74, 6) is 0.0196. The first-order valence-electron chi connectivity index (χ1n) is 12.3. The van der Waals surface area contributed by atoms with Gasteiger partial charge in [0.2, 0.25) is 5.91 Å². The van der Waals surface area contributed by atoms with Gasteiger partial charge < -0.3 is 20.2 Å². The van der Waals surface area contributed by atoms with Crippen molar-refractivity contribution in [3.63, 3.8) is 0 Å². The second-order valence-electron chi connectivity index (χ2n) is 9.58. The van der Waals surface area contributed by atoms with E-state index in [1.54, 1.807) is 17.9 Å². The molecule has 3 aromatic rings. The zero-order valence-corrected chi connectivity index (χ0v) is 21.0. The molecule has 3 heterocycles. The molecular weight excluding hydrogens is 509 g/mol. The molecule has 1 aromatic heterocycles. The van der Waals surface area contributed by atoms with Crippen molar-refractivity contribution in [2.75, 3.05) is 37.7 Å². The molecule has 0 radical (unpaired) electrons. The number of rotatable bonds is 5. The third kappa shape index (κ3) is 4.99. The summed E-state index contributed by atoms with van der Waals surface area (Å²) >= 11 is 5.86. The van der Waals surface area contributed by atoms with Crippen LogP contribution in [0.5, 0.6) is 0 Å². The Morgan fingerprint density at radius 2 is 2.05 bits per heavy atom. The minimum Gasteiger partial charge on any atom is -0.394 e. The summed E-state index contributed by atoms with van der Waals surface area (Å²) in [6, 6.07) is 7.92. The number of aromatic nitrogens is 3. The first-order chi connectivity index (χ1) is 17.7. The number of carbonyl (C=O) groups excluding carboxylic acids is 1. The Labute approximate surface area is 217 Å². The molecule has 0 saturated carbocycles. The molecule has 0 spiro atoms. The standard InChI is InChI=1S/C25H28ClF3N6O2/c1-15(19-6-4-16(26)11-20(19)25(27,28)29)35-23-12-17(5-7-21(23)31-32-35)33-9-10-34(18(13-33)14-36)24(37)22-3-2-8-30-22/h4-7,11-12,15,18,22,30,36H,2-3,8-10,13-14H2,1H3/t15?,18?,22-/m1/s1. The molecule has 5 rings (SSSR count). The highest BCUT2D eigenvalue weighted by molar-refractivity contribution is 6.30. The number of halogens is 4. The van der Waals surface area contributed by atoms with E-state index in [0.717, 1.165) is 31.1 Å². The fourth-order valence-corrected chi connectivity index (χ4v) is 5.48. The zero-order chi connectivity index (χ0) is 26.3. The number of hydrogen-bond acceptors (Lipinski definition) is 6. The van der Waals surface area contributed by atoms with E-state index in [4.69, 9.17) is 11.6 Å². The van der Waals surface area contributed by atoms with Crippen LogP contribution in [-0.4, -0.2) is 75.8 Å². The molecule has 0 aliphatic carbocycles. The predicted octanol–water partition coefficient (Wildman–Crippen LogP) is 3.47. The fraction of sp³-hybridized carbons (Fsp3) is 0.480. The molecular formula is C25H28ClF3N6O2. The highest BCUT2D eigenvalue weighted by Gasteiger charge is 2.37. The summed E-state index contributed by atoms with van der Waals surface area (Å²) in [6.07, 6.45) is -2.81. The molecule has 198 valence electrons. The number of amides is 1. The third-order valence-electron chi connectivity index (χ3n) is 7.29. The van der Waals surface area contributed by atoms with Crippen molar-refractivity contribution in [2.45, 2.75) is 44.1 Å². The number of fused-ring (bicyclic) bond motifs is 1. The van der Waals surface area contributed by atoms with Crippen LogP contribution in [-0.2, 0) is 11.0 Å². The van der Waals surface area contributed by atoms with E-state index in [1.807, 2.05) is 12.1 Å². The lowest BCUT2D eigenvalue weighted by Crippen LogP contribution is -2.59. The van der Waals surface area contributed by atoms with Crippen molar-refractivity contribution in [1.82, 2.24) is 25.2 Å². The van der Waals surface area contributed by atoms with Gasteiger partial charge in [-0.3, -0.25) is 4.79 Å². The lowest BCUT2D eigenvalue weighted by atomic mass is 10.0. The minimum absolute atomic E-state index is 0.00813. The molecule has 2 unspecified atom stereocenters. The van der Waals surface area contributed by atoms with Crippen LogP contribution in [0.1, 0.15) is 36.9 Å². The van der Waals surface area contributed by atoms with Crippen molar-refractivity contribution in [1.29, 1.82) is 0 Å². The molecule has 0 bridgehead atoms. The maximum Gasteiger partial charge on any atom is 0.416 e. The average Bonchev–Trinajstić information content (AvgIpc) is 3.57. The Morgan fingerprint density at radius 3 is 2.76 bits per heavy atom. The first-order valence-corrected chi connectivity index (χ1v) is 12.7. The Bertz CT molecular complexity index is 1290. The van der Waals surface area contributed by atoms with Gasteiger partial charge >= 0.3 is 6.18 Å². The number of nitrogens with zero attached hydrogens (tertiary/aromatic N) is 5. The summed E-state index contributed by atoms with van der Waals surface area (Å²) in [5, 5.41) is 21.6. The fourth-order valence-electron chi connectivity index (χ4n) is 5.31. The Kier molecular flexibility index (Phi) is 7.03. The molecule has 2 aliphatic heterocycles. The second-order valence-corrected chi connectivity index (χ2v) is 10.0. The van der Waals surface area contributed by atoms with Crippen LogP contribution in [0.4, 0.5) is 18.9 Å². The Morgan fingerprint density at radius 1 is 1.24 bits per heavy atom. The van der Waals surface area contributed by atoms with Crippen molar-refractivity contribution in [3.05, 3.63) is 52.5 Å². The lowest BCUT2D eigenvalue weighted by Gasteiger charge is -2.42. The van der Waals surface area contributed by atoms with E-state index in [1.165, 1.54) is 16.8 Å². The molecule has 12 heteroatoms. The van der Waals surface area contributed by atoms with Gasteiger partial charge in [-0.2, -0.15) is 13.2 Å². The summed E-state index contributed by atoms with van der Waals surface area (Å²) in [7, 11) is 0. The molecule has 37 heavy (non-hydrogen) atoms. The third-order valence-corrected chi connectivity index (χ3v) is 7.53. The molecule has 2 aliphatic rings. The first kappa shape index (κ1) is 25.7. The van der Waals surface area contributed by atoms with Crippen LogP contribution in [0.2, 0.25) is 5.02 Å². The predicted molar refractivity (Wildman–Crippen MR) is 134 cm³/mol. The molecule has 2 fully saturated rings. The number of benzene rings is 2. The van der Waals surface area contributed by atoms with Crippen LogP contribution >= 0.6 is 11.6 Å². The van der Waals surface area contributed by atoms with Crippen LogP contribution < -0.4 is 10.2 Å². The molecule has 2 aromatic carbocycles. The summed E-state index contributed by atoms with van der Waals surface area (Å²) in [6.45, 7) is 3.77. The maximum atomic E-state index is 13.7. The number of nitrogens with one attached hydrogen (secondary N) is 1. The highest BCUT2D eigenvalue weighted by Crippen LogP contribution is 2.38. The van der Waals surface area contributed by atoms with Gasteiger partial charge in [0.1, 0.15) is 5.52 Å². The normalized spacial score (nSPS) is 21.6. The molecule has 2 saturated heterocycles. The van der Waals surface area contributed by atoms with E-state index >= 15 is 0 Å². The SMILES string of the molecule is CC(c1ccc(Cl)cc1C(F)(F)F)n1nnc2ccc(N3CCN(C(=O)[C@H]4CCCN4)C(CO)C3)cc21. The van der Waals surface area contributed by atoms with Crippen LogP contribution in [0.25, 0.3) is 11.0 Å². The van der Waals surface area contributed by atoms with Crippen molar-refractivity contribution < 1.29 is 23.1 Å².